The van der Waals surface area contributed by atoms with Gasteiger partial charge in [0.25, 0.3) is 0 Å². The molecule has 116 valence electrons. The summed E-state index contributed by atoms with van der Waals surface area (Å²) in [4.78, 5) is 14.2. The van der Waals surface area contributed by atoms with Crippen LogP contribution in [0.3, 0.4) is 0 Å². The maximum atomic E-state index is 12.1. The van der Waals surface area contributed by atoms with E-state index in [9.17, 15) is 9.90 Å². The first-order valence-corrected chi connectivity index (χ1v) is 7.80. The van der Waals surface area contributed by atoms with Crippen LogP contribution in [0.5, 0.6) is 0 Å². The van der Waals surface area contributed by atoms with Gasteiger partial charge in [0.15, 0.2) is 0 Å². The Balaban J connectivity index is 1.84. The molecule has 1 aliphatic rings. The van der Waals surface area contributed by atoms with Gasteiger partial charge < -0.3 is 10.4 Å². The van der Waals surface area contributed by atoms with Gasteiger partial charge >= 0.3 is 0 Å². The molecule has 0 aromatic heterocycles. The van der Waals surface area contributed by atoms with Crippen molar-refractivity contribution in [2.24, 2.45) is 5.92 Å². The summed E-state index contributed by atoms with van der Waals surface area (Å²) in [7, 11) is 0. The van der Waals surface area contributed by atoms with E-state index in [0.29, 0.717) is 17.5 Å². The van der Waals surface area contributed by atoms with Crippen LogP contribution in [0.4, 0.5) is 5.69 Å². The maximum absolute atomic E-state index is 12.1. The van der Waals surface area contributed by atoms with Crippen LogP contribution < -0.4 is 5.32 Å². The molecule has 1 fully saturated rings. The zero-order chi connectivity index (χ0) is 15.4. The molecule has 0 bridgehead atoms. The minimum atomic E-state index is -0.255. The lowest BCUT2D eigenvalue weighted by atomic mass is 9.92. The van der Waals surface area contributed by atoms with Crippen molar-refractivity contribution in [1.29, 1.82) is 0 Å². The molecule has 0 radical (unpaired) electrons. The summed E-state index contributed by atoms with van der Waals surface area (Å²) in [6.45, 7) is 5.84. The van der Waals surface area contributed by atoms with E-state index in [1.54, 1.807) is 0 Å². The average Bonchev–Trinajstić information content (AvgIpc) is 2.44. The lowest BCUT2D eigenvalue weighted by molar-refractivity contribution is -0.117. The Morgan fingerprint density at radius 2 is 2.14 bits per heavy atom. The Bertz CT molecular complexity index is 497. The van der Waals surface area contributed by atoms with Crippen LogP contribution >= 0.6 is 11.6 Å². The quantitative estimate of drug-likeness (QED) is 0.899. The van der Waals surface area contributed by atoms with Crippen molar-refractivity contribution in [3.63, 3.8) is 0 Å². The number of benzene rings is 1. The Kier molecular flexibility index (Phi) is 5.62. The number of nitrogens with zero attached hydrogens (tertiary/aromatic N) is 1. The van der Waals surface area contributed by atoms with Gasteiger partial charge in [-0.1, -0.05) is 17.7 Å². The third kappa shape index (κ3) is 4.43. The van der Waals surface area contributed by atoms with E-state index >= 15 is 0 Å². The minimum absolute atomic E-state index is 0.0177. The normalized spacial score (nSPS) is 18.5. The van der Waals surface area contributed by atoms with Gasteiger partial charge in [-0.25, -0.2) is 0 Å². The van der Waals surface area contributed by atoms with Gasteiger partial charge in [0.2, 0.25) is 5.91 Å². The van der Waals surface area contributed by atoms with Crippen LogP contribution in [0.2, 0.25) is 5.02 Å². The molecular weight excluding hydrogens is 288 g/mol. The van der Waals surface area contributed by atoms with Gasteiger partial charge in [0.1, 0.15) is 0 Å². The van der Waals surface area contributed by atoms with Crippen LogP contribution in [-0.4, -0.2) is 41.7 Å². The van der Waals surface area contributed by atoms with Crippen molar-refractivity contribution in [1.82, 2.24) is 4.90 Å². The number of aliphatic hydroxyl groups is 1. The van der Waals surface area contributed by atoms with Crippen LogP contribution in [0.1, 0.15) is 25.3 Å². The monoisotopic (exact) mass is 310 g/mol. The van der Waals surface area contributed by atoms with E-state index in [-0.39, 0.29) is 12.0 Å². The molecule has 1 aliphatic heterocycles. The SMILES string of the molecule is Cc1c(Cl)cccc1NC(=O)CN1CCC(C(C)O)CC1. The number of likely N-dealkylation sites (tertiary alicyclic amines) is 1. The van der Waals surface area contributed by atoms with Crippen LogP contribution in [-0.2, 0) is 4.79 Å². The predicted octanol–water partition coefficient (Wildman–Crippen LogP) is 2.68. The zero-order valence-electron chi connectivity index (χ0n) is 12.6. The van der Waals surface area contributed by atoms with Crippen LogP contribution in [0, 0.1) is 12.8 Å². The zero-order valence-corrected chi connectivity index (χ0v) is 13.4. The number of rotatable bonds is 4. The first-order valence-electron chi connectivity index (χ1n) is 7.42. The molecular formula is C16H23ClN2O2. The summed E-state index contributed by atoms with van der Waals surface area (Å²) in [6, 6.07) is 5.51. The highest BCUT2D eigenvalue weighted by Crippen LogP contribution is 2.23. The maximum Gasteiger partial charge on any atom is 0.238 e. The van der Waals surface area contributed by atoms with Crippen LogP contribution in [0.15, 0.2) is 18.2 Å². The lowest BCUT2D eigenvalue weighted by Crippen LogP contribution is -2.41. The van der Waals surface area contributed by atoms with Crippen molar-refractivity contribution in [2.45, 2.75) is 32.8 Å². The van der Waals surface area contributed by atoms with Crippen molar-refractivity contribution in [2.75, 3.05) is 25.0 Å². The minimum Gasteiger partial charge on any atom is -0.393 e. The van der Waals surface area contributed by atoms with Gasteiger partial charge in [-0.15, -0.1) is 0 Å². The van der Waals surface area contributed by atoms with Crippen LogP contribution in [0.25, 0.3) is 0 Å². The number of aliphatic hydroxyl groups excluding tert-OH is 1. The van der Waals surface area contributed by atoms with Gasteiger partial charge in [0.05, 0.1) is 12.6 Å². The summed E-state index contributed by atoms with van der Waals surface area (Å²) < 4.78 is 0. The van der Waals surface area contributed by atoms with Crippen molar-refractivity contribution >= 4 is 23.2 Å². The number of amides is 1. The molecule has 4 nitrogen and oxygen atoms in total. The average molecular weight is 311 g/mol. The van der Waals surface area contributed by atoms with Gasteiger partial charge in [-0.2, -0.15) is 0 Å². The summed E-state index contributed by atoms with van der Waals surface area (Å²) in [5.41, 5.74) is 1.66. The molecule has 0 aliphatic carbocycles. The molecule has 21 heavy (non-hydrogen) atoms. The number of anilines is 1. The Labute approximate surface area is 131 Å². The molecule has 0 saturated carbocycles. The van der Waals surface area contributed by atoms with Crippen molar-refractivity contribution in [3.8, 4) is 0 Å². The second-order valence-electron chi connectivity index (χ2n) is 5.81. The summed E-state index contributed by atoms with van der Waals surface area (Å²) in [5.74, 6) is 0.343. The van der Waals surface area contributed by atoms with E-state index < -0.39 is 0 Å². The fourth-order valence-corrected chi connectivity index (χ4v) is 2.90. The second-order valence-corrected chi connectivity index (χ2v) is 6.22. The topological polar surface area (TPSA) is 52.6 Å². The standard InChI is InChI=1S/C16H23ClN2O2/c1-11-14(17)4-3-5-15(11)18-16(21)10-19-8-6-13(7-9-19)12(2)20/h3-5,12-13,20H,6-10H2,1-2H3,(H,18,21). The number of carbonyl (C=O) groups excluding carboxylic acids is 1. The van der Waals surface area contributed by atoms with E-state index in [1.807, 2.05) is 32.0 Å². The van der Waals surface area contributed by atoms with Gasteiger partial charge in [-0.05, 0) is 63.4 Å². The molecule has 1 aromatic rings. The highest BCUT2D eigenvalue weighted by molar-refractivity contribution is 6.31. The van der Waals surface area contributed by atoms with E-state index in [4.69, 9.17) is 11.6 Å². The molecule has 1 aromatic carbocycles. The Morgan fingerprint density at radius 1 is 1.48 bits per heavy atom. The van der Waals surface area contributed by atoms with E-state index in [2.05, 4.69) is 10.2 Å². The first-order chi connectivity index (χ1) is 9.97. The van der Waals surface area contributed by atoms with E-state index in [1.165, 1.54) is 0 Å². The Hall–Kier alpha value is -1.10. The smallest absolute Gasteiger partial charge is 0.238 e. The highest BCUT2D eigenvalue weighted by Gasteiger charge is 2.23. The fourth-order valence-electron chi connectivity index (χ4n) is 2.73. The molecule has 1 atom stereocenters. The largest absolute Gasteiger partial charge is 0.393 e. The molecule has 1 saturated heterocycles. The molecule has 5 heteroatoms. The number of carbonyl (C=O) groups is 1. The molecule has 1 unspecified atom stereocenters. The third-order valence-corrected chi connectivity index (χ3v) is 4.63. The number of hydrogen-bond donors (Lipinski definition) is 2. The predicted molar refractivity (Wildman–Crippen MR) is 85.7 cm³/mol. The summed E-state index contributed by atoms with van der Waals surface area (Å²) in [6.07, 6.45) is 1.64. The van der Waals surface area contributed by atoms with E-state index in [0.717, 1.165) is 37.2 Å². The number of nitrogens with one attached hydrogen (secondary N) is 1. The fraction of sp³-hybridized carbons (Fsp3) is 0.562. The highest BCUT2D eigenvalue weighted by atomic mass is 35.5. The lowest BCUT2D eigenvalue weighted by Gasteiger charge is -2.32. The second kappa shape index (κ2) is 7.25. The first kappa shape index (κ1) is 16.3. The molecule has 1 heterocycles. The summed E-state index contributed by atoms with van der Waals surface area (Å²) in [5, 5.41) is 13.2. The Morgan fingerprint density at radius 3 is 2.76 bits per heavy atom. The van der Waals surface area contributed by atoms with Crippen molar-refractivity contribution < 1.29 is 9.90 Å². The van der Waals surface area contributed by atoms with Gasteiger partial charge in [-0.3, -0.25) is 9.69 Å². The molecule has 2 rings (SSSR count). The molecule has 2 N–H and O–H groups in total. The molecule has 1 amide bonds. The van der Waals surface area contributed by atoms with Gasteiger partial charge in [0, 0.05) is 10.7 Å². The molecule has 0 spiro atoms. The number of hydrogen-bond acceptors (Lipinski definition) is 3. The number of halogens is 1. The van der Waals surface area contributed by atoms with Crippen molar-refractivity contribution in [3.05, 3.63) is 28.8 Å². The number of piperidine rings is 1. The summed E-state index contributed by atoms with van der Waals surface area (Å²) >= 11 is 6.05. The third-order valence-electron chi connectivity index (χ3n) is 4.22.